The lowest BCUT2D eigenvalue weighted by molar-refractivity contribution is 0.227. The summed E-state index contributed by atoms with van der Waals surface area (Å²) < 4.78 is 19.2. The number of nitrogens with two attached hydrogens (primary N) is 1. The Balaban J connectivity index is 3.12. The summed E-state index contributed by atoms with van der Waals surface area (Å²) >= 11 is 0. The number of ether oxygens (including phenoxy) is 1. The number of hydrogen-bond donors (Lipinski definition) is 2. The number of nitrogens with zero attached hydrogens (tertiary/aromatic N) is 1. The first kappa shape index (κ1) is 14.4. The molecule has 3 N–H and O–H groups in total. The number of rotatable bonds is 6. The van der Waals surface area contributed by atoms with Gasteiger partial charge < -0.3 is 15.8 Å². The van der Waals surface area contributed by atoms with Crippen LogP contribution < -0.4 is 15.8 Å². The molecule has 0 amide bonds. The second-order valence-electron chi connectivity index (χ2n) is 3.96. The zero-order chi connectivity index (χ0) is 13.5. The highest BCUT2D eigenvalue weighted by atomic mass is 19.1. The molecule has 1 unspecified atom stereocenters. The van der Waals surface area contributed by atoms with E-state index >= 15 is 0 Å². The fraction of sp³-hybridized carbons (Fsp3) is 0.462. The first-order chi connectivity index (χ1) is 8.63. The Morgan fingerprint density at radius 3 is 2.83 bits per heavy atom. The van der Waals surface area contributed by atoms with Gasteiger partial charge in [-0.2, -0.15) is 5.26 Å². The number of hydrogen-bond acceptors (Lipinski definition) is 4. The minimum atomic E-state index is -0.529. The van der Waals surface area contributed by atoms with Crippen LogP contribution in [-0.4, -0.2) is 19.2 Å². The standard InChI is InChI=1S/C13H18FN3O/c1-3-17-8-11-10(7-16)12(14)4-5-13(11)18-9(2)6-15/h4-5,9,17H,3,6,8,15H2,1-2H3. The molecule has 5 heteroatoms. The molecule has 0 spiro atoms. The summed E-state index contributed by atoms with van der Waals surface area (Å²) in [5.41, 5.74) is 6.06. The van der Waals surface area contributed by atoms with Crippen LogP contribution in [0.3, 0.4) is 0 Å². The zero-order valence-corrected chi connectivity index (χ0v) is 10.7. The summed E-state index contributed by atoms with van der Waals surface area (Å²) in [6, 6.07) is 4.66. The lowest BCUT2D eigenvalue weighted by atomic mass is 10.1. The normalized spacial score (nSPS) is 11.9. The fourth-order valence-corrected chi connectivity index (χ4v) is 1.52. The smallest absolute Gasteiger partial charge is 0.141 e. The van der Waals surface area contributed by atoms with Gasteiger partial charge >= 0.3 is 0 Å². The van der Waals surface area contributed by atoms with Crippen LogP contribution in [0.5, 0.6) is 5.75 Å². The van der Waals surface area contributed by atoms with Crippen molar-refractivity contribution in [1.82, 2.24) is 5.32 Å². The highest BCUT2D eigenvalue weighted by molar-refractivity contribution is 5.47. The molecule has 0 heterocycles. The van der Waals surface area contributed by atoms with Crippen LogP contribution in [0.15, 0.2) is 12.1 Å². The van der Waals surface area contributed by atoms with E-state index < -0.39 is 5.82 Å². The molecule has 4 nitrogen and oxygen atoms in total. The third-order valence-corrected chi connectivity index (χ3v) is 2.54. The molecule has 18 heavy (non-hydrogen) atoms. The minimum absolute atomic E-state index is 0.0256. The minimum Gasteiger partial charge on any atom is -0.489 e. The summed E-state index contributed by atoms with van der Waals surface area (Å²) in [4.78, 5) is 0. The number of halogens is 1. The van der Waals surface area contributed by atoms with Crippen molar-refractivity contribution in [3.63, 3.8) is 0 Å². The van der Waals surface area contributed by atoms with Crippen LogP contribution in [-0.2, 0) is 6.54 Å². The van der Waals surface area contributed by atoms with E-state index in [0.29, 0.717) is 24.4 Å². The van der Waals surface area contributed by atoms with Gasteiger partial charge in [0.15, 0.2) is 0 Å². The summed E-state index contributed by atoms with van der Waals surface area (Å²) in [5, 5.41) is 12.1. The fourth-order valence-electron chi connectivity index (χ4n) is 1.52. The first-order valence-electron chi connectivity index (χ1n) is 5.92. The van der Waals surface area contributed by atoms with Crippen molar-refractivity contribution in [2.75, 3.05) is 13.1 Å². The molecular weight excluding hydrogens is 233 g/mol. The molecule has 0 fully saturated rings. The lowest BCUT2D eigenvalue weighted by Gasteiger charge is -2.17. The SMILES string of the molecule is CCNCc1c(OC(C)CN)ccc(F)c1C#N. The van der Waals surface area contributed by atoms with Crippen molar-refractivity contribution in [1.29, 1.82) is 5.26 Å². The molecule has 1 rings (SSSR count). The summed E-state index contributed by atoms with van der Waals surface area (Å²) in [6.45, 7) is 5.25. The van der Waals surface area contributed by atoms with Gasteiger partial charge in [0.1, 0.15) is 23.7 Å². The van der Waals surface area contributed by atoms with Gasteiger partial charge in [-0.05, 0) is 25.6 Å². The molecule has 0 radical (unpaired) electrons. The van der Waals surface area contributed by atoms with Crippen LogP contribution in [0.2, 0.25) is 0 Å². The molecule has 0 aliphatic rings. The van der Waals surface area contributed by atoms with E-state index in [0.717, 1.165) is 6.54 Å². The molecule has 1 aromatic carbocycles. The summed E-state index contributed by atoms with van der Waals surface area (Å²) in [6.07, 6.45) is -0.178. The van der Waals surface area contributed by atoms with E-state index in [1.165, 1.54) is 12.1 Å². The van der Waals surface area contributed by atoms with Crippen molar-refractivity contribution in [3.8, 4) is 11.8 Å². The third-order valence-electron chi connectivity index (χ3n) is 2.54. The van der Waals surface area contributed by atoms with Crippen molar-refractivity contribution in [2.24, 2.45) is 5.73 Å². The molecule has 1 atom stereocenters. The van der Waals surface area contributed by atoms with Gasteiger partial charge in [0.25, 0.3) is 0 Å². The summed E-state index contributed by atoms with van der Waals surface area (Å²) in [5.74, 6) is -0.0231. The van der Waals surface area contributed by atoms with Crippen molar-refractivity contribution in [3.05, 3.63) is 29.1 Å². The maximum absolute atomic E-state index is 13.5. The van der Waals surface area contributed by atoms with Crippen molar-refractivity contribution < 1.29 is 9.13 Å². The van der Waals surface area contributed by atoms with E-state index in [4.69, 9.17) is 15.7 Å². The molecule has 0 aromatic heterocycles. The van der Waals surface area contributed by atoms with Crippen LogP contribution in [0.4, 0.5) is 4.39 Å². The number of nitriles is 1. The maximum atomic E-state index is 13.5. The molecule has 1 aromatic rings. The zero-order valence-electron chi connectivity index (χ0n) is 10.7. The number of nitrogens with one attached hydrogen (secondary N) is 1. The molecule has 0 aliphatic heterocycles. The van der Waals surface area contributed by atoms with E-state index in [2.05, 4.69) is 5.32 Å². The third kappa shape index (κ3) is 3.42. The Bertz CT molecular complexity index is 443. The van der Waals surface area contributed by atoms with Crippen molar-refractivity contribution in [2.45, 2.75) is 26.5 Å². The molecular formula is C13H18FN3O. The van der Waals surface area contributed by atoms with Crippen LogP contribution >= 0.6 is 0 Å². The largest absolute Gasteiger partial charge is 0.489 e. The van der Waals surface area contributed by atoms with E-state index in [-0.39, 0.29) is 11.7 Å². The quantitative estimate of drug-likeness (QED) is 0.804. The monoisotopic (exact) mass is 251 g/mol. The lowest BCUT2D eigenvalue weighted by Crippen LogP contribution is -2.24. The van der Waals surface area contributed by atoms with Gasteiger partial charge in [0.2, 0.25) is 0 Å². The predicted octanol–water partition coefficient (Wildman–Crippen LogP) is 1.53. The summed E-state index contributed by atoms with van der Waals surface area (Å²) in [7, 11) is 0. The van der Waals surface area contributed by atoms with Gasteiger partial charge in [-0.15, -0.1) is 0 Å². The Morgan fingerprint density at radius 2 is 2.28 bits per heavy atom. The van der Waals surface area contributed by atoms with E-state index in [1.54, 1.807) is 0 Å². The molecule has 0 bridgehead atoms. The van der Waals surface area contributed by atoms with Gasteiger partial charge in [-0.1, -0.05) is 6.92 Å². The van der Waals surface area contributed by atoms with E-state index in [1.807, 2.05) is 19.9 Å². The van der Waals surface area contributed by atoms with E-state index in [9.17, 15) is 4.39 Å². The molecule has 98 valence electrons. The predicted molar refractivity (Wildman–Crippen MR) is 67.6 cm³/mol. The second-order valence-corrected chi connectivity index (χ2v) is 3.96. The average Bonchev–Trinajstić information content (AvgIpc) is 2.38. The van der Waals surface area contributed by atoms with Crippen LogP contribution in [0, 0.1) is 17.1 Å². The highest BCUT2D eigenvalue weighted by Crippen LogP contribution is 2.25. The topological polar surface area (TPSA) is 71.1 Å². The second kappa shape index (κ2) is 6.94. The first-order valence-corrected chi connectivity index (χ1v) is 5.92. The van der Waals surface area contributed by atoms with Crippen molar-refractivity contribution >= 4 is 0 Å². The Labute approximate surface area is 107 Å². The van der Waals surface area contributed by atoms with Crippen LogP contribution in [0.1, 0.15) is 25.0 Å². The number of benzene rings is 1. The average molecular weight is 251 g/mol. The molecule has 0 saturated heterocycles. The molecule has 0 aliphatic carbocycles. The van der Waals surface area contributed by atoms with Crippen LogP contribution in [0.25, 0.3) is 0 Å². The van der Waals surface area contributed by atoms with Gasteiger partial charge in [0, 0.05) is 18.7 Å². The van der Waals surface area contributed by atoms with Gasteiger partial charge in [-0.3, -0.25) is 0 Å². The Morgan fingerprint density at radius 1 is 1.56 bits per heavy atom. The maximum Gasteiger partial charge on any atom is 0.141 e. The molecule has 0 saturated carbocycles. The Kier molecular flexibility index (Phi) is 5.56. The van der Waals surface area contributed by atoms with Gasteiger partial charge in [0.05, 0.1) is 5.56 Å². The Hall–Kier alpha value is -1.64. The highest BCUT2D eigenvalue weighted by Gasteiger charge is 2.15. The van der Waals surface area contributed by atoms with Gasteiger partial charge in [-0.25, -0.2) is 4.39 Å².